The van der Waals surface area contributed by atoms with Gasteiger partial charge in [-0.05, 0) is 36.7 Å². The van der Waals surface area contributed by atoms with Gasteiger partial charge in [-0.25, -0.2) is 0 Å². The van der Waals surface area contributed by atoms with E-state index < -0.39 is 0 Å². The number of nitrogens with one attached hydrogen (secondary N) is 1. The molecule has 0 saturated carbocycles. The van der Waals surface area contributed by atoms with Crippen LogP contribution in [0.3, 0.4) is 0 Å². The smallest absolute Gasteiger partial charge is 0.0953 e. The zero-order valence-corrected chi connectivity index (χ0v) is 10.8. The molecule has 2 nitrogen and oxygen atoms in total. The summed E-state index contributed by atoms with van der Waals surface area (Å²) in [4.78, 5) is 0. The van der Waals surface area contributed by atoms with Crippen molar-refractivity contribution in [2.75, 3.05) is 6.54 Å². The number of hydrogen-bond donors (Lipinski definition) is 1. The highest BCUT2D eigenvalue weighted by molar-refractivity contribution is 6.31. The zero-order valence-electron chi connectivity index (χ0n) is 10.0. The van der Waals surface area contributed by atoms with E-state index in [1.807, 2.05) is 19.1 Å². The molecule has 1 unspecified atom stereocenters. The molecule has 90 valence electrons. The summed E-state index contributed by atoms with van der Waals surface area (Å²) in [6.45, 7) is 5.01. The van der Waals surface area contributed by atoms with E-state index in [9.17, 15) is 0 Å². The van der Waals surface area contributed by atoms with Crippen molar-refractivity contribution in [3.05, 3.63) is 58.5 Å². The number of aryl methyl sites for hydroxylation is 1. The minimum absolute atomic E-state index is 0.162. The van der Waals surface area contributed by atoms with Gasteiger partial charge in [-0.15, -0.1) is 0 Å². The van der Waals surface area contributed by atoms with Crippen LogP contribution in [0.2, 0.25) is 5.02 Å². The zero-order chi connectivity index (χ0) is 12.3. The lowest BCUT2D eigenvalue weighted by atomic mass is 9.99. The Morgan fingerprint density at radius 1 is 1.29 bits per heavy atom. The Bertz CT molecular complexity index is 479. The third kappa shape index (κ3) is 2.71. The molecule has 0 radical (unpaired) electrons. The summed E-state index contributed by atoms with van der Waals surface area (Å²) >= 11 is 6.05. The van der Waals surface area contributed by atoms with E-state index in [1.54, 1.807) is 12.5 Å². The summed E-state index contributed by atoms with van der Waals surface area (Å²) < 4.78 is 5.15. The van der Waals surface area contributed by atoms with Gasteiger partial charge in [0, 0.05) is 10.6 Å². The molecule has 0 amide bonds. The average Bonchev–Trinajstić information content (AvgIpc) is 2.83. The molecule has 0 fully saturated rings. The fraction of sp³-hybridized carbons (Fsp3) is 0.286. The highest BCUT2D eigenvalue weighted by Crippen LogP contribution is 2.26. The third-order valence-corrected chi connectivity index (χ3v) is 3.22. The molecule has 0 aliphatic rings. The first-order valence-corrected chi connectivity index (χ1v) is 6.11. The predicted molar refractivity (Wildman–Crippen MR) is 70.4 cm³/mol. The van der Waals surface area contributed by atoms with Crippen LogP contribution in [0.1, 0.15) is 29.7 Å². The van der Waals surface area contributed by atoms with Crippen LogP contribution >= 0.6 is 11.6 Å². The number of furan rings is 1. The standard InChI is InChI=1S/C14H16ClNO/c1-3-16-14(12-6-7-17-9-12)11-4-5-13(15)10(2)8-11/h4-9,14,16H,3H2,1-2H3. The van der Waals surface area contributed by atoms with Crippen molar-refractivity contribution in [3.63, 3.8) is 0 Å². The summed E-state index contributed by atoms with van der Waals surface area (Å²) in [5, 5.41) is 4.25. The van der Waals surface area contributed by atoms with Gasteiger partial charge in [0.1, 0.15) is 0 Å². The topological polar surface area (TPSA) is 25.2 Å². The van der Waals surface area contributed by atoms with Crippen molar-refractivity contribution >= 4 is 11.6 Å². The lowest BCUT2D eigenvalue weighted by Gasteiger charge is -2.17. The van der Waals surface area contributed by atoms with Gasteiger partial charge in [-0.1, -0.05) is 30.7 Å². The molecule has 0 spiro atoms. The van der Waals surface area contributed by atoms with E-state index in [0.717, 1.165) is 22.7 Å². The first kappa shape index (κ1) is 12.2. The summed E-state index contributed by atoms with van der Waals surface area (Å²) in [7, 11) is 0. The number of hydrogen-bond acceptors (Lipinski definition) is 2. The Morgan fingerprint density at radius 3 is 2.71 bits per heavy atom. The average molecular weight is 250 g/mol. The van der Waals surface area contributed by atoms with E-state index in [4.69, 9.17) is 16.0 Å². The summed E-state index contributed by atoms with van der Waals surface area (Å²) in [6.07, 6.45) is 3.47. The quantitative estimate of drug-likeness (QED) is 0.888. The summed E-state index contributed by atoms with van der Waals surface area (Å²) in [5.74, 6) is 0. The third-order valence-electron chi connectivity index (χ3n) is 2.80. The van der Waals surface area contributed by atoms with E-state index in [-0.39, 0.29) is 6.04 Å². The molecule has 17 heavy (non-hydrogen) atoms. The minimum atomic E-state index is 0.162. The molecule has 0 aliphatic carbocycles. The molecule has 0 saturated heterocycles. The first-order valence-electron chi connectivity index (χ1n) is 5.74. The van der Waals surface area contributed by atoms with E-state index in [2.05, 4.69) is 24.4 Å². The fourth-order valence-corrected chi connectivity index (χ4v) is 2.04. The Hall–Kier alpha value is -1.25. The van der Waals surface area contributed by atoms with E-state index in [1.165, 1.54) is 5.56 Å². The maximum atomic E-state index is 6.05. The van der Waals surface area contributed by atoms with Crippen LogP contribution in [-0.4, -0.2) is 6.54 Å². The van der Waals surface area contributed by atoms with Crippen molar-refractivity contribution < 1.29 is 4.42 Å². The highest BCUT2D eigenvalue weighted by atomic mass is 35.5. The van der Waals surface area contributed by atoms with Crippen molar-refractivity contribution in [2.45, 2.75) is 19.9 Å². The Morgan fingerprint density at radius 2 is 2.12 bits per heavy atom. The summed E-state index contributed by atoms with van der Waals surface area (Å²) in [5.41, 5.74) is 3.43. The van der Waals surface area contributed by atoms with Gasteiger partial charge >= 0.3 is 0 Å². The Labute approximate surface area is 107 Å². The fourth-order valence-electron chi connectivity index (χ4n) is 1.92. The van der Waals surface area contributed by atoms with Crippen molar-refractivity contribution in [1.29, 1.82) is 0 Å². The number of rotatable bonds is 4. The SMILES string of the molecule is CCNC(c1ccoc1)c1ccc(Cl)c(C)c1. The molecule has 1 aromatic carbocycles. The van der Waals surface area contributed by atoms with E-state index >= 15 is 0 Å². The van der Waals surface area contributed by atoms with Crippen molar-refractivity contribution in [3.8, 4) is 0 Å². The molecular formula is C14H16ClNO. The monoisotopic (exact) mass is 249 g/mol. The Kier molecular flexibility index (Phi) is 3.87. The lowest BCUT2D eigenvalue weighted by molar-refractivity contribution is 0.553. The van der Waals surface area contributed by atoms with Gasteiger partial charge in [0.15, 0.2) is 0 Å². The van der Waals surface area contributed by atoms with Crippen LogP contribution in [0.5, 0.6) is 0 Å². The van der Waals surface area contributed by atoms with Gasteiger partial charge < -0.3 is 9.73 Å². The van der Waals surface area contributed by atoms with Crippen molar-refractivity contribution in [2.24, 2.45) is 0 Å². The highest BCUT2D eigenvalue weighted by Gasteiger charge is 2.14. The second kappa shape index (κ2) is 5.39. The molecule has 1 N–H and O–H groups in total. The van der Waals surface area contributed by atoms with Crippen molar-refractivity contribution in [1.82, 2.24) is 5.32 Å². The van der Waals surface area contributed by atoms with Crippen LogP contribution in [0.25, 0.3) is 0 Å². The second-order valence-corrected chi connectivity index (χ2v) is 4.46. The van der Waals surface area contributed by atoms with Gasteiger partial charge in [-0.3, -0.25) is 0 Å². The van der Waals surface area contributed by atoms with Crippen LogP contribution in [0.15, 0.2) is 41.2 Å². The molecular weight excluding hydrogens is 234 g/mol. The van der Waals surface area contributed by atoms with Crippen LogP contribution < -0.4 is 5.32 Å². The normalized spacial score (nSPS) is 12.6. The summed E-state index contributed by atoms with van der Waals surface area (Å²) in [6, 6.07) is 8.25. The maximum Gasteiger partial charge on any atom is 0.0953 e. The predicted octanol–water partition coefficient (Wildman–Crippen LogP) is 3.94. The maximum absolute atomic E-state index is 6.05. The largest absolute Gasteiger partial charge is 0.472 e. The van der Waals surface area contributed by atoms with Gasteiger partial charge in [-0.2, -0.15) is 0 Å². The number of halogens is 1. The van der Waals surface area contributed by atoms with E-state index in [0.29, 0.717) is 0 Å². The molecule has 2 aromatic rings. The molecule has 1 heterocycles. The van der Waals surface area contributed by atoms with Crippen LogP contribution in [-0.2, 0) is 0 Å². The van der Waals surface area contributed by atoms with Gasteiger partial charge in [0.2, 0.25) is 0 Å². The Balaban J connectivity index is 2.35. The lowest BCUT2D eigenvalue weighted by Crippen LogP contribution is -2.21. The minimum Gasteiger partial charge on any atom is -0.472 e. The molecule has 0 bridgehead atoms. The molecule has 1 aromatic heterocycles. The van der Waals surface area contributed by atoms with Crippen LogP contribution in [0, 0.1) is 6.92 Å². The molecule has 3 heteroatoms. The molecule has 0 aliphatic heterocycles. The second-order valence-electron chi connectivity index (χ2n) is 4.06. The van der Waals surface area contributed by atoms with Crippen LogP contribution in [0.4, 0.5) is 0 Å². The van der Waals surface area contributed by atoms with Gasteiger partial charge in [0.05, 0.1) is 18.6 Å². The molecule has 1 atom stereocenters. The number of benzene rings is 1. The first-order chi connectivity index (χ1) is 8.22. The van der Waals surface area contributed by atoms with Gasteiger partial charge in [0.25, 0.3) is 0 Å². The molecule has 2 rings (SSSR count).